The van der Waals surface area contributed by atoms with Crippen molar-refractivity contribution in [3.63, 3.8) is 0 Å². The van der Waals surface area contributed by atoms with Gasteiger partial charge in [0.25, 0.3) is 0 Å². The van der Waals surface area contributed by atoms with Gasteiger partial charge in [0.05, 0.1) is 4.47 Å². The van der Waals surface area contributed by atoms with Gasteiger partial charge in [-0.1, -0.05) is 26.8 Å². The third kappa shape index (κ3) is 5.17. The van der Waals surface area contributed by atoms with Crippen molar-refractivity contribution >= 4 is 15.9 Å². The zero-order chi connectivity index (χ0) is 12.9. The number of rotatable bonds is 6. The maximum Gasteiger partial charge on any atom is 0.137 e. The molecule has 17 heavy (non-hydrogen) atoms. The molecule has 0 radical (unpaired) electrons. The van der Waals surface area contributed by atoms with Crippen LogP contribution in [0.25, 0.3) is 0 Å². The highest BCUT2D eigenvalue weighted by atomic mass is 79.9. The lowest BCUT2D eigenvalue weighted by molar-refractivity contribution is 0.318. The summed E-state index contributed by atoms with van der Waals surface area (Å²) in [6.07, 6.45) is 2.08. The molecular weight excluding hydrogens is 281 g/mol. The third-order valence-corrected chi connectivity index (χ3v) is 3.54. The lowest BCUT2D eigenvalue weighted by Gasteiger charge is -2.24. The molecule has 0 fully saturated rings. The van der Waals surface area contributed by atoms with Crippen LogP contribution in [0.2, 0.25) is 0 Å². The minimum Gasteiger partial charge on any atom is -0.316 e. The molecule has 3 heteroatoms. The quantitative estimate of drug-likeness (QED) is 0.832. The molecule has 1 N–H and O–H groups in total. The molecule has 0 aliphatic carbocycles. The lowest BCUT2D eigenvalue weighted by Crippen LogP contribution is -2.29. The second kappa shape index (κ2) is 6.50. The van der Waals surface area contributed by atoms with Gasteiger partial charge in [-0.05, 0) is 58.4 Å². The summed E-state index contributed by atoms with van der Waals surface area (Å²) in [5, 5.41) is 3.38. The summed E-state index contributed by atoms with van der Waals surface area (Å²) in [6.45, 7) is 8.66. The minimum atomic E-state index is -0.194. The minimum absolute atomic E-state index is 0.194. The Hall–Kier alpha value is -0.410. The molecule has 0 aliphatic heterocycles. The Morgan fingerprint density at radius 1 is 1.35 bits per heavy atom. The summed E-state index contributed by atoms with van der Waals surface area (Å²) < 4.78 is 13.6. The Balaban J connectivity index is 2.51. The van der Waals surface area contributed by atoms with Crippen LogP contribution < -0.4 is 5.32 Å². The van der Waals surface area contributed by atoms with E-state index >= 15 is 0 Å². The first kappa shape index (κ1) is 14.7. The summed E-state index contributed by atoms with van der Waals surface area (Å²) >= 11 is 3.22. The smallest absolute Gasteiger partial charge is 0.137 e. The average molecular weight is 302 g/mol. The Kier molecular flexibility index (Phi) is 5.60. The second-order valence-electron chi connectivity index (χ2n) is 5.19. The molecule has 0 aromatic heterocycles. The molecule has 1 aromatic rings. The molecule has 0 atom stereocenters. The van der Waals surface area contributed by atoms with Crippen molar-refractivity contribution in [2.75, 3.05) is 13.1 Å². The highest BCUT2D eigenvalue weighted by molar-refractivity contribution is 9.10. The molecule has 0 unspecified atom stereocenters. The second-order valence-corrected chi connectivity index (χ2v) is 6.05. The fraction of sp³-hybridized carbons (Fsp3) is 0.571. The molecule has 0 saturated carbocycles. The standard InChI is InChI=1S/C14H21BrFN/c1-4-17-10-14(2,3)8-7-11-5-6-13(16)12(15)9-11/h5-6,9,17H,4,7-8,10H2,1-3H3. The van der Waals surface area contributed by atoms with E-state index in [4.69, 9.17) is 0 Å². The molecule has 96 valence electrons. The Morgan fingerprint density at radius 2 is 2.06 bits per heavy atom. The third-order valence-electron chi connectivity index (χ3n) is 2.93. The number of hydrogen-bond acceptors (Lipinski definition) is 1. The van der Waals surface area contributed by atoms with Crippen LogP contribution >= 0.6 is 15.9 Å². The fourth-order valence-corrected chi connectivity index (χ4v) is 2.16. The van der Waals surface area contributed by atoms with E-state index in [0.717, 1.165) is 25.9 Å². The van der Waals surface area contributed by atoms with Crippen LogP contribution in [0.1, 0.15) is 32.8 Å². The van der Waals surface area contributed by atoms with Gasteiger partial charge in [-0.15, -0.1) is 0 Å². The van der Waals surface area contributed by atoms with Gasteiger partial charge in [0.1, 0.15) is 5.82 Å². The van der Waals surface area contributed by atoms with E-state index in [-0.39, 0.29) is 11.2 Å². The molecule has 0 saturated heterocycles. The summed E-state index contributed by atoms with van der Waals surface area (Å²) in [7, 11) is 0. The zero-order valence-corrected chi connectivity index (χ0v) is 12.4. The summed E-state index contributed by atoms with van der Waals surface area (Å²) in [5.74, 6) is -0.194. The molecular formula is C14H21BrFN. The van der Waals surface area contributed by atoms with E-state index in [2.05, 4.69) is 42.0 Å². The maximum absolute atomic E-state index is 13.1. The lowest BCUT2D eigenvalue weighted by atomic mass is 9.86. The van der Waals surface area contributed by atoms with E-state index in [1.807, 2.05) is 12.1 Å². The van der Waals surface area contributed by atoms with Crippen molar-refractivity contribution in [1.29, 1.82) is 0 Å². The van der Waals surface area contributed by atoms with Crippen LogP contribution in [-0.2, 0) is 6.42 Å². The van der Waals surface area contributed by atoms with Crippen molar-refractivity contribution in [3.05, 3.63) is 34.1 Å². The predicted molar refractivity (Wildman–Crippen MR) is 74.7 cm³/mol. The van der Waals surface area contributed by atoms with Crippen LogP contribution in [0, 0.1) is 11.2 Å². The normalized spacial score (nSPS) is 11.8. The molecule has 1 nitrogen and oxygen atoms in total. The number of nitrogens with one attached hydrogen (secondary N) is 1. The van der Waals surface area contributed by atoms with Gasteiger partial charge in [0.15, 0.2) is 0 Å². The van der Waals surface area contributed by atoms with Gasteiger partial charge in [-0.25, -0.2) is 4.39 Å². The van der Waals surface area contributed by atoms with Crippen molar-refractivity contribution < 1.29 is 4.39 Å². The van der Waals surface area contributed by atoms with Crippen LogP contribution in [0.15, 0.2) is 22.7 Å². The van der Waals surface area contributed by atoms with Gasteiger partial charge in [0.2, 0.25) is 0 Å². The highest BCUT2D eigenvalue weighted by Gasteiger charge is 2.16. The highest BCUT2D eigenvalue weighted by Crippen LogP contribution is 2.24. The molecule has 1 aromatic carbocycles. The van der Waals surface area contributed by atoms with Crippen molar-refractivity contribution in [1.82, 2.24) is 5.32 Å². The predicted octanol–water partition coefficient (Wildman–Crippen LogP) is 4.16. The van der Waals surface area contributed by atoms with Crippen LogP contribution in [-0.4, -0.2) is 13.1 Å². The number of benzene rings is 1. The molecule has 0 amide bonds. The monoisotopic (exact) mass is 301 g/mol. The first-order valence-corrected chi connectivity index (χ1v) is 6.88. The van der Waals surface area contributed by atoms with E-state index in [1.165, 1.54) is 11.6 Å². The summed E-state index contributed by atoms with van der Waals surface area (Å²) in [4.78, 5) is 0. The van der Waals surface area contributed by atoms with E-state index < -0.39 is 0 Å². The van der Waals surface area contributed by atoms with Gasteiger partial charge < -0.3 is 5.32 Å². The van der Waals surface area contributed by atoms with Crippen molar-refractivity contribution in [2.24, 2.45) is 5.41 Å². The van der Waals surface area contributed by atoms with Gasteiger partial charge in [-0.2, -0.15) is 0 Å². The summed E-state index contributed by atoms with van der Waals surface area (Å²) in [6, 6.07) is 5.26. The molecule has 0 heterocycles. The maximum atomic E-state index is 13.1. The summed E-state index contributed by atoms with van der Waals surface area (Å²) in [5.41, 5.74) is 1.46. The first-order chi connectivity index (χ1) is 7.94. The topological polar surface area (TPSA) is 12.0 Å². The Morgan fingerprint density at radius 3 is 2.65 bits per heavy atom. The number of hydrogen-bond donors (Lipinski definition) is 1. The van der Waals surface area contributed by atoms with E-state index in [1.54, 1.807) is 0 Å². The first-order valence-electron chi connectivity index (χ1n) is 6.09. The van der Waals surface area contributed by atoms with Crippen LogP contribution in [0.3, 0.4) is 0 Å². The molecule has 0 spiro atoms. The molecule has 0 aliphatic rings. The Labute approximate surface area is 112 Å². The van der Waals surface area contributed by atoms with Crippen LogP contribution in [0.4, 0.5) is 4.39 Å². The molecule has 0 bridgehead atoms. The van der Waals surface area contributed by atoms with Crippen molar-refractivity contribution in [2.45, 2.75) is 33.6 Å². The zero-order valence-electron chi connectivity index (χ0n) is 10.8. The van der Waals surface area contributed by atoms with Gasteiger partial charge in [0, 0.05) is 6.54 Å². The van der Waals surface area contributed by atoms with Gasteiger partial charge >= 0.3 is 0 Å². The largest absolute Gasteiger partial charge is 0.316 e. The average Bonchev–Trinajstić information content (AvgIpc) is 2.28. The van der Waals surface area contributed by atoms with E-state index in [9.17, 15) is 4.39 Å². The molecule has 1 rings (SSSR count). The SMILES string of the molecule is CCNCC(C)(C)CCc1ccc(F)c(Br)c1. The van der Waals surface area contributed by atoms with Gasteiger partial charge in [-0.3, -0.25) is 0 Å². The number of halogens is 2. The number of aryl methyl sites for hydroxylation is 1. The van der Waals surface area contributed by atoms with Crippen molar-refractivity contribution in [3.8, 4) is 0 Å². The van der Waals surface area contributed by atoms with E-state index in [0.29, 0.717) is 4.47 Å². The Bertz CT molecular complexity index is 363. The van der Waals surface area contributed by atoms with Crippen LogP contribution in [0.5, 0.6) is 0 Å². The fourth-order valence-electron chi connectivity index (χ4n) is 1.73.